The first kappa shape index (κ1) is 23.0. The maximum atomic E-state index is 13.1. The minimum atomic E-state index is -4.02. The molecule has 0 aliphatic carbocycles. The lowest BCUT2D eigenvalue weighted by Gasteiger charge is -2.34. The fourth-order valence-electron chi connectivity index (χ4n) is 4.58. The van der Waals surface area contributed by atoms with Crippen molar-refractivity contribution in [3.05, 3.63) is 72.2 Å². The van der Waals surface area contributed by atoms with Crippen LogP contribution in [-0.2, 0) is 36.6 Å². The Morgan fingerprint density at radius 2 is 1.94 bits per heavy atom. The number of rotatable bonds is 7. The molecule has 0 spiro atoms. The molecule has 33 heavy (non-hydrogen) atoms. The van der Waals surface area contributed by atoms with E-state index >= 15 is 0 Å². The maximum absolute atomic E-state index is 13.1. The molecule has 2 aliphatic rings. The highest BCUT2D eigenvalue weighted by molar-refractivity contribution is 7.88. The van der Waals surface area contributed by atoms with E-state index in [0.29, 0.717) is 11.3 Å². The Hall–Kier alpha value is -3.18. The second-order valence-electron chi connectivity index (χ2n) is 8.01. The van der Waals surface area contributed by atoms with E-state index in [2.05, 4.69) is 4.98 Å². The normalized spacial score (nSPS) is 23.0. The van der Waals surface area contributed by atoms with Crippen molar-refractivity contribution < 1.29 is 27.2 Å². The number of nitrogens with two attached hydrogens (primary N) is 1. The highest BCUT2D eigenvalue weighted by Crippen LogP contribution is 2.41. The van der Waals surface area contributed by atoms with Crippen molar-refractivity contribution in [3.63, 3.8) is 0 Å². The van der Waals surface area contributed by atoms with Crippen LogP contribution in [0.1, 0.15) is 17.7 Å². The van der Waals surface area contributed by atoms with Gasteiger partial charge in [-0.2, -0.15) is 4.31 Å². The molecule has 4 rings (SSSR count). The fourth-order valence-corrected chi connectivity index (χ4v) is 6.25. The van der Waals surface area contributed by atoms with Gasteiger partial charge in [0.25, 0.3) is 5.91 Å². The van der Waals surface area contributed by atoms with Crippen molar-refractivity contribution >= 4 is 27.6 Å². The minimum absolute atomic E-state index is 0.00625. The van der Waals surface area contributed by atoms with Crippen molar-refractivity contribution in [2.24, 2.45) is 5.73 Å². The zero-order chi connectivity index (χ0) is 23.8. The van der Waals surface area contributed by atoms with E-state index in [4.69, 9.17) is 5.73 Å². The molecule has 173 valence electrons. The van der Waals surface area contributed by atoms with Gasteiger partial charge in [0.15, 0.2) is 11.3 Å². The highest BCUT2D eigenvalue weighted by atomic mass is 32.2. The van der Waals surface area contributed by atoms with Crippen LogP contribution in [0.25, 0.3) is 0 Å². The third kappa shape index (κ3) is 4.02. The Morgan fingerprint density at radius 3 is 2.58 bits per heavy atom. The predicted octanol–water partition coefficient (Wildman–Crippen LogP) is 0.207. The maximum Gasteiger partial charge on any atom is 0.252 e. The number of carbonyl (C=O) groups is 3. The van der Waals surface area contributed by atoms with Crippen LogP contribution in [0.4, 0.5) is 4.39 Å². The lowest BCUT2D eigenvalue weighted by molar-refractivity contribution is -0.147. The number of sulfonamides is 1. The number of nitrogens with zero attached hydrogens (tertiary/aromatic N) is 3. The van der Waals surface area contributed by atoms with Crippen molar-refractivity contribution in [2.45, 2.75) is 30.2 Å². The van der Waals surface area contributed by atoms with Crippen molar-refractivity contribution in [1.29, 1.82) is 0 Å². The van der Waals surface area contributed by atoms with Gasteiger partial charge in [-0.1, -0.05) is 18.2 Å². The summed E-state index contributed by atoms with van der Waals surface area (Å²) in [6.45, 7) is -0.557. The number of pyridine rings is 1. The first-order chi connectivity index (χ1) is 15.7. The summed E-state index contributed by atoms with van der Waals surface area (Å²) in [7, 11) is -4.02. The van der Waals surface area contributed by atoms with Crippen LogP contribution in [0, 0.1) is 12.2 Å². The van der Waals surface area contributed by atoms with Crippen molar-refractivity contribution in [3.8, 4) is 0 Å². The molecule has 2 amide bonds. The van der Waals surface area contributed by atoms with E-state index in [1.54, 1.807) is 18.2 Å². The van der Waals surface area contributed by atoms with Crippen LogP contribution in [0.5, 0.6) is 0 Å². The molecule has 2 fully saturated rings. The summed E-state index contributed by atoms with van der Waals surface area (Å²) in [5.41, 5.74) is 4.52. The Bertz CT molecular complexity index is 1190. The van der Waals surface area contributed by atoms with Crippen molar-refractivity contribution in [1.82, 2.24) is 14.2 Å². The van der Waals surface area contributed by atoms with Gasteiger partial charge in [0.05, 0.1) is 24.7 Å². The molecule has 11 heteroatoms. The summed E-state index contributed by atoms with van der Waals surface area (Å²) in [5, 5.41) is 0. The third-order valence-corrected chi connectivity index (χ3v) is 7.85. The van der Waals surface area contributed by atoms with Gasteiger partial charge in [-0.15, -0.1) is 0 Å². The van der Waals surface area contributed by atoms with E-state index in [0.717, 1.165) is 9.21 Å². The Balaban J connectivity index is 1.57. The second kappa shape index (κ2) is 8.64. The molecule has 2 aromatic rings. The fraction of sp³-hybridized carbons (Fsp3) is 0.318. The number of hydrogen-bond donors (Lipinski definition) is 1. The summed E-state index contributed by atoms with van der Waals surface area (Å²) in [6, 6.07) is 9.31. The molecule has 0 bridgehead atoms. The number of amides is 2. The largest absolute Gasteiger partial charge is 0.367 e. The average molecular weight is 474 g/mol. The van der Waals surface area contributed by atoms with Gasteiger partial charge in [-0.25, -0.2) is 12.8 Å². The van der Waals surface area contributed by atoms with Gasteiger partial charge >= 0.3 is 0 Å². The number of fused-ring (bicyclic) bond motifs is 1. The molecule has 3 heterocycles. The number of benzene rings is 1. The zero-order valence-corrected chi connectivity index (χ0v) is 18.4. The van der Waals surface area contributed by atoms with Crippen LogP contribution in [-0.4, -0.2) is 64.9 Å². The number of primary amides is 1. The summed E-state index contributed by atoms with van der Waals surface area (Å²) < 4.78 is 40.3. The molecule has 9 nitrogen and oxygen atoms in total. The SMILES string of the molecule is NC(=O)C12C(=O)CN(S(=O)(=O)Cc3ccccn3)C1CCN2C(=O)[CH]Cc1ccc(F)cc1. The summed E-state index contributed by atoms with van der Waals surface area (Å²) in [4.78, 5) is 43.8. The molecule has 1 aromatic heterocycles. The standard InChI is InChI=1S/C22H22FN4O5S/c23-16-7-4-15(5-8-16)6-9-20(29)26-12-10-18-22(26,21(24)30)19(28)13-27(18)33(31,32)14-17-3-1-2-11-25-17/h1-5,7-9,11,18H,6,10,12-14H2,(H2,24,30). The summed E-state index contributed by atoms with van der Waals surface area (Å²) in [6.07, 6.45) is 2.97. The monoisotopic (exact) mass is 473 g/mol. The molecule has 2 N–H and O–H groups in total. The molecule has 0 saturated carbocycles. The Labute approximate surface area is 190 Å². The van der Waals surface area contributed by atoms with Gasteiger partial charge in [-0.05, 0) is 42.7 Å². The smallest absolute Gasteiger partial charge is 0.252 e. The topological polar surface area (TPSA) is 131 Å². The molecule has 2 unspecified atom stereocenters. The molecule has 2 saturated heterocycles. The number of carbonyl (C=O) groups excluding carboxylic acids is 3. The number of ketones is 1. The molecule has 1 radical (unpaired) electrons. The Morgan fingerprint density at radius 1 is 1.21 bits per heavy atom. The van der Waals surface area contributed by atoms with E-state index < -0.39 is 57.3 Å². The van der Waals surface area contributed by atoms with Gasteiger partial charge in [0.1, 0.15) is 11.6 Å². The van der Waals surface area contributed by atoms with E-state index in [1.807, 2.05) is 0 Å². The van der Waals surface area contributed by atoms with Gasteiger partial charge in [-0.3, -0.25) is 19.4 Å². The van der Waals surface area contributed by atoms with E-state index in [-0.39, 0.29) is 19.4 Å². The van der Waals surface area contributed by atoms with Crippen LogP contribution in [0.3, 0.4) is 0 Å². The minimum Gasteiger partial charge on any atom is -0.367 e. The summed E-state index contributed by atoms with van der Waals surface area (Å²) in [5.74, 6) is -3.27. The van der Waals surface area contributed by atoms with E-state index in [1.165, 1.54) is 36.9 Å². The van der Waals surface area contributed by atoms with Gasteiger partial charge in [0, 0.05) is 12.7 Å². The molecule has 2 aliphatic heterocycles. The first-order valence-electron chi connectivity index (χ1n) is 10.3. The first-order valence-corrected chi connectivity index (χ1v) is 11.9. The zero-order valence-electron chi connectivity index (χ0n) is 17.6. The van der Waals surface area contributed by atoms with Crippen LogP contribution < -0.4 is 5.73 Å². The van der Waals surface area contributed by atoms with Crippen LogP contribution >= 0.6 is 0 Å². The lowest BCUT2D eigenvalue weighted by Crippen LogP contribution is -2.64. The second-order valence-corrected chi connectivity index (χ2v) is 9.93. The summed E-state index contributed by atoms with van der Waals surface area (Å²) >= 11 is 0. The number of likely N-dealkylation sites (tertiary alicyclic amines) is 1. The van der Waals surface area contributed by atoms with Gasteiger partial charge in [0.2, 0.25) is 15.9 Å². The lowest BCUT2D eigenvalue weighted by atomic mass is 9.89. The van der Waals surface area contributed by atoms with E-state index in [9.17, 15) is 27.2 Å². The number of aromatic nitrogens is 1. The predicted molar refractivity (Wildman–Crippen MR) is 115 cm³/mol. The number of halogens is 1. The molecular formula is C22H22FN4O5S. The molecule has 2 atom stereocenters. The van der Waals surface area contributed by atoms with Crippen LogP contribution in [0.2, 0.25) is 0 Å². The average Bonchev–Trinajstić information content (AvgIpc) is 3.31. The van der Waals surface area contributed by atoms with Crippen LogP contribution in [0.15, 0.2) is 48.7 Å². The Kier molecular flexibility index (Phi) is 6.02. The number of Topliss-reactive ketones (excluding diaryl/α,β-unsaturated/α-hetero) is 1. The van der Waals surface area contributed by atoms with Crippen molar-refractivity contribution in [2.75, 3.05) is 13.1 Å². The molecule has 1 aromatic carbocycles. The molecular weight excluding hydrogens is 451 g/mol. The third-order valence-electron chi connectivity index (χ3n) is 6.09. The quantitative estimate of drug-likeness (QED) is 0.572. The highest BCUT2D eigenvalue weighted by Gasteiger charge is 2.68. The number of hydrogen-bond acceptors (Lipinski definition) is 6. The van der Waals surface area contributed by atoms with Gasteiger partial charge < -0.3 is 10.6 Å².